The second kappa shape index (κ2) is 6.56. The van der Waals surface area contributed by atoms with Gasteiger partial charge in [0.2, 0.25) is 6.41 Å². The highest BCUT2D eigenvalue weighted by Gasteiger charge is 2.33. The lowest BCUT2D eigenvalue weighted by atomic mass is 10.0. The highest BCUT2D eigenvalue weighted by atomic mass is 16.6. The number of hydrogen-bond acceptors (Lipinski definition) is 6. The quantitative estimate of drug-likeness (QED) is 0.702. The van der Waals surface area contributed by atoms with E-state index >= 15 is 0 Å². The van der Waals surface area contributed by atoms with Crippen molar-refractivity contribution in [2.45, 2.75) is 44.9 Å². The van der Waals surface area contributed by atoms with Crippen molar-refractivity contribution in [2.24, 2.45) is 5.73 Å². The second-order valence-corrected chi connectivity index (χ2v) is 5.58. The highest BCUT2D eigenvalue weighted by molar-refractivity contribution is 5.79. The number of nitrogens with zero attached hydrogens (tertiary/aromatic N) is 1. The van der Waals surface area contributed by atoms with Gasteiger partial charge in [0.25, 0.3) is 0 Å². The third kappa shape index (κ3) is 5.04. The van der Waals surface area contributed by atoms with Crippen LogP contribution in [0.15, 0.2) is 0 Å². The molecule has 1 rings (SSSR count). The predicted octanol–water partition coefficient (Wildman–Crippen LogP) is 0.206. The summed E-state index contributed by atoms with van der Waals surface area (Å²) in [4.78, 5) is 34.7. The Morgan fingerprint density at radius 3 is 2.60 bits per heavy atom. The maximum atomic E-state index is 11.9. The molecule has 0 spiro atoms. The average molecular weight is 287 g/mol. The molecule has 2 atom stereocenters. The van der Waals surface area contributed by atoms with Crippen LogP contribution in [0.4, 0.5) is 9.59 Å². The topological polar surface area (TPSA) is 111 Å². The zero-order chi connectivity index (χ0) is 15.3. The monoisotopic (exact) mass is 287 g/mol. The lowest BCUT2D eigenvalue weighted by Gasteiger charge is -2.36. The number of piperidine rings is 1. The smallest absolute Gasteiger partial charge is 0.414 e. The fraction of sp³-hybridized carbons (Fsp3) is 0.750. The second-order valence-electron chi connectivity index (χ2n) is 5.58. The Kier molecular flexibility index (Phi) is 5.32. The number of ether oxygens (including phenoxy) is 2. The number of amides is 3. The van der Waals surface area contributed by atoms with Gasteiger partial charge in [-0.05, 0) is 27.2 Å². The SMILES string of the molecule is CC(C)(C)OC(=O)N1CCC(N)C(OC(=O)NC=O)C1. The molecule has 114 valence electrons. The standard InChI is InChI=1S/C12H21N3O5/c1-12(2,3)20-11(18)15-5-4-8(13)9(6-15)19-10(17)14-7-16/h7-9H,4-6,13H2,1-3H3,(H,14,16,17). The van der Waals surface area contributed by atoms with E-state index < -0.39 is 23.9 Å². The number of carbonyl (C=O) groups excluding carboxylic acids is 3. The minimum absolute atomic E-state index is 0.141. The van der Waals surface area contributed by atoms with Crippen molar-refractivity contribution in [1.82, 2.24) is 10.2 Å². The van der Waals surface area contributed by atoms with E-state index in [0.29, 0.717) is 13.0 Å². The molecule has 0 radical (unpaired) electrons. The molecule has 2 unspecified atom stereocenters. The maximum Gasteiger partial charge on any atom is 0.414 e. The van der Waals surface area contributed by atoms with Gasteiger partial charge in [-0.2, -0.15) is 0 Å². The summed E-state index contributed by atoms with van der Waals surface area (Å²) in [7, 11) is 0. The molecule has 0 aromatic rings. The van der Waals surface area contributed by atoms with Crippen molar-refractivity contribution in [3.8, 4) is 0 Å². The number of rotatable bonds is 2. The van der Waals surface area contributed by atoms with E-state index in [9.17, 15) is 14.4 Å². The molecule has 1 fully saturated rings. The first kappa shape index (κ1) is 16.2. The highest BCUT2D eigenvalue weighted by Crippen LogP contribution is 2.16. The first-order valence-electron chi connectivity index (χ1n) is 6.37. The predicted molar refractivity (Wildman–Crippen MR) is 69.9 cm³/mol. The van der Waals surface area contributed by atoms with Crippen molar-refractivity contribution >= 4 is 18.6 Å². The van der Waals surface area contributed by atoms with Crippen molar-refractivity contribution < 1.29 is 23.9 Å². The number of nitrogens with two attached hydrogens (primary N) is 1. The lowest BCUT2D eigenvalue weighted by Crippen LogP contribution is -2.55. The van der Waals surface area contributed by atoms with Gasteiger partial charge in [-0.1, -0.05) is 0 Å². The summed E-state index contributed by atoms with van der Waals surface area (Å²) in [6.07, 6.45) is -1.32. The van der Waals surface area contributed by atoms with E-state index in [0.717, 1.165) is 0 Å². The Balaban J connectivity index is 2.58. The third-order valence-electron chi connectivity index (χ3n) is 2.70. The first-order valence-corrected chi connectivity index (χ1v) is 6.37. The molecule has 0 bridgehead atoms. The Morgan fingerprint density at radius 2 is 2.05 bits per heavy atom. The number of alkyl carbamates (subject to hydrolysis) is 1. The van der Waals surface area contributed by atoms with Gasteiger partial charge in [0.15, 0.2) is 0 Å². The summed E-state index contributed by atoms with van der Waals surface area (Å²) in [5.74, 6) is 0. The molecule has 8 nitrogen and oxygen atoms in total. The first-order chi connectivity index (χ1) is 9.23. The molecule has 0 aromatic heterocycles. The molecule has 0 saturated carbocycles. The largest absolute Gasteiger partial charge is 0.444 e. The molecular weight excluding hydrogens is 266 g/mol. The van der Waals surface area contributed by atoms with Gasteiger partial charge in [0.05, 0.1) is 6.54 Å². The number of hydrogen-bond donors (Lipinski definition) is 2. The van der Waals surface area contributed by atoms with Crippen LogP contribution in [0.25, 0.3) is 0 Å². The fourth-order valence-corrected chi connectivity index (χ4v) is 1.77. The summed E-state index contributed by atoms with van der Waals surface area (Å²) >= 11 is 0. The summed E-state index contributed by atoms with van der Waals surface area (Å²) < 4.78 is 10.2. The van der Waals surface area contributed by atoms with E-state index in [2.05, 4.69) is 0 Å². The zero-order valence-electron chi connectivity index (χ0n) is 11.9. The zero-order valence-corrected chi connectivity index (χ0v) is 11.9. The molecular formula is C12H21N3O5. The van der Waals surface area contributed by atoms with Gasteiger partial charge >= 0.3 is 12.2 Å². The van der Waals surface area contributed by atoms with Crippen LogP contribution in [-0.4, -0.2) is 54.3 Å². The van der Waals surface area contributed by atoms with Crippen molar-refractivity contribution in [3.63, 3.8) is 0 Å². The summed E-state index contributed by atoms with van der Waals surface area (Å²) in [6, 6.07) is -0.383. The van der Waals surface area contributed by atoms with Crippen LogP contribution < -0.4 is 11.1 Å². The van der Waals surface area contributed by atoms with Crippen LogP contribution >= 0.6 is 0 Å². The molecule has 0 aromatic carbocycles. The van der Waals surface area contributed by atoms with E-state index in [1.165, 1.54) is 4.90 Å². The Bertz CT molecular complexity index is 380. The van der Waals surface area contributed by atoms with Gasteiger partial charge in [-0.3, -0.25) is 10.1 Å². The van der Waals surface area contributed by atoms with Crippen LogP contribution in [0.2, 0.25) is 0 Å². The van der Waals surface area contributed by atoms with E-state index in [1.54, 1.807) is 20.8 Å². The molecule has 20 heavy (non-hydrogen) atoms. The minimum Gasteiger partial charge on any atom is -0.444 e. The summed E-state index contributed by atoms with van der Waals surface area (Å²) in [5.41, 5.74) is 5.25. The molecule has 3 amide bonds. The molecule has 1 aliphatic rings. The van der Waals surface area contributed by atoms with Gasteiger partial charge in [-0.25, -0.2) is 9.59 Å². The molecule has 1 saturated heterocycles. The minimum atomic E-state index is -0.883. The number of imide groups is 1. The Labute approximate surface area is 117 Å². The molecule has 8 heteroatoms. The number of likely N-dealkylation sites (tertiary alicyclic amines) is 1. The average Bonchev–Trinajstić information content (AvgIpc) is 2.30. The van der Waals surface area contributed by atoms with Crippen LogP contribution in [0.3, 0.4) is 0 Å². The van der Waals surface area contributed by atoms with Gasteiger partial charge in [0.1, 0.15) is 11.7 Å². The van der Waals surface area contributed by atoms with Crippen LogP contribution in [0, 0.1) is 0 Å². The molecule has 0 aliphatic carbocycles. The van der Waals surface area contributed by atoms with E-state index in [4.69, 9.17) is 15.2 Å². The number of nitrogens with one attached hydrogen (secondary N) is 1. The van der Waals surface area contributed by atoms with Crippen LogP contribution in [0.5, 0.6) is 0 Å². The van der Waals surface area contributed by atoms with Gasteiger partial charge in [-0.15, -0.1) is 0 Å². The van der Waals surface area contributed by atoms with E-state index in [-0.39, 0.29) is 19.0 Å². The summed E-state index contributed by atoms with van der Waals surface area (Å²) in [6.45, 7) is 5.89. The van der Waals surface area contributed by atoms with Gasteiger partial charge < -0.3 is 20.1 Å². The Hall–Kier alpha value is -1.83. The van der Waals surface area contributed by atoms with Crippen LogP contribution in [0.1, 0.15) is 27.2 Å². The molecule has 3 N–H and O–H groups in total. The maximum absolute atomic E-state index is 11.9. The van der Waals surface area contributed by atoms with Crippen LogP contribution in [-0.2, 0) is 14.3 Å². The van der Waals surface area contributed by atoms with Crippen molar-refractivity contribution in [3.05, 3.63) is 0 Å². The third-order valence-corrected chi connectivity index (χ3v) is 2.70. The van der Waals surface area contributed by atoms with Crippen molar-refractivity contribution in [2.75, 3.05) is 13.1 Å². The summed E-state index contributed by atoms with van der Waals surface area (Å²) in [5, 5.41) is 1.86. The fourth-order valence-electron chi connectivity index (χ4n) is 1.77. The number of carbonyl (C=O) groups is 3. The van der Waals surface area contributed by atoms with E-state index in [1.807, 2.05) is 5.32 Å². The van der Waals surface area contributed by atoms with Gasteiger partial charge in [0, 0.05) is 12.6 Å². The molecule has 1 heterocycles. The lowest BCUT2D eigenvalue weighted by molar-refractivity contribution is -0.109. The van der Waals surface area contributed by atoms with Crippen molar-refractivity contribution in [1.29, 1.82) is 0 Å². The molecule has 1 aliphatic heterocycles. The Morgan fingerprint density at radius 1 is 1.40 bits per heavy atom. The normalized spacial score (nSPS) is 22.9.